The van der Waals surface area contributed by atoms with Gasteiger partial charge in [-0.25, -0.2) is 0 Å². The molecule has 4 rings (SSSR count). The first-order chi connectivity index (χ1) is 19.3. The fraction of sp³-hybridized carbons (Fsp3) is 0.370. The normalized spacial score (nSPS) is 15.1. The summed E-state index contributed by atoms with van der Waals surface area (Å²) < 4.78 is 74.3. The zero-order valence-electron chi connectivity index (χ0n) is 22.3. The van der Waals surface area contributed by atoms with E-state index < -0.39 is 20.2 Å². The lowest BCUT2D eigenvalue weighted by molar-refractivity contribution is -0.669. The van der Waals surface area contributed by atoms with E-state index in [9.17, 15) is 16.8 Å². The minimum Gasteiger partial charge on any atom is -0.439 e. The van der Waals surface area contributed by atoms with Crippen molar-refractivity contribution < 1.29 is 35.2 Å². The molecule has 0 radical (unpaired) electrons. The highest BCUT2D eigenvalue weighted by atomic mass is 79.9. The van der Waals surface area contributed by atoms with Gasteiger partial charge in [-0.05, 0) is 61.6 Å². The molecule has 2 heterocycles. The Balaban J connectivity index is 1.65. The van der Waals surface area contributed by atoms with Gasteiger partial charge in [0.2, 0.25) is 11.4 Å². The highest BCUT2D eigenvalue weighted by molar-refractivity contribution is 9.10. The number of rotatable bonds is 13. The number of allylic oxidation sites excluding steroid dienone is 2. The van der Waals surface area contributed by atoms with E-state index in [2.05, 4.69) is 49.4 Å². The van der Waals surface area contributed by atoms with E-state index in [0.29, 0.717) is 56.8 Å². The maximum absolute atomic E-state index is 11.2. The molecule has 0 fully saturated rings. The third-order valence-electron chi connectivity index (χ3n) is 6.48. The third-order valence-corrected chi connectivity index (χ3v) is 10.2. The van der Waals surface area contributed by atoms with Gasteiger partial charge < -0.3 is 9.64 Å². The molecule has 1 aliphatic heterocycles. The second kappa shape index (κ2) is 13.7. The first-order valence-corrected chi connectivity index (χ1v) is 18.6. The molecule has 9 nitrogen and oxygen atoms in total. The number of thiazole rings is 1. The van der Waals surface area contributed by atoms with Gasteiger partial charge in [0.15, 0.2) is 12.3 Å². The summed E-state index contributed by atoms with van der Waals surface area (Å²) in [6, 6.07) is 11.8. The van der Waals surface area contributed by atoms with Crippen LogP contribution in [0.25, 0.3) is 16.3 Å². The van der Waals surface area contributed by atoms with E-state index in [-0.39, 0.29) is 11.5 Å². The SMILES string of the molecule is CCC(/C=C1\Oc2ccc(Br)cc2N1CCCCS(=O)(=O)O)=C\c1sc2ccc(Br)cc2[n+]1CCCCS(=O)(=O)O. The number of ether oxygens (including phenoxy) is 1. The Hall–Kier alpha value is -1.81. The van der Waals surface area contributed by atoms with E-state index >= 15 is 0 Å². The Morgan fingerprint density at radius 2 is 1.63 bits per heavy atom. The van der Waals surface area contributed by atoms with Gasteiger partial charge in [0, 0.05) is 40.1 Å². The van der Waals surface area contributed by atoms with Crippen molar-refractivity contribution in [1.82, 2.24) is 0 Å². The standard InChI is InChI=1S/C27H30Br2N2O7S3/c1-2-19(15-26-30(11-3-5-13-40(32,33)34)22-17-20(28)7-9-24(22)38-26)16-27-31(12-4-6-14-41(35,36)37)23-18-21(29)8-10-25(23)39-27/h7-10,15-18H,2-6,11-14H2,1H3,(H-,32,33,34,35,36,37)/p+1. The van der Waals surface area contributed by atoms with Crippen LogP contribution >= 0.6 is 43.2 Å². The molecule has 0 saturated heterocycles. The first kappa shape index (κ1) is 32.1. The number of benzene rings is 2. The van der Waals surface area contributed by atoms with Gasteiger partial charge >= 0.3 is 0 Å². The number of hydrogen-bond donors (Lipinski definition) is 2. The van der Waals surface area contributed by atoms with Crippen molar-refractivity contribution in [2.45, 2.75) is 45.6 Å². The molecule has 0 bridgehead atoms. The van der Waals surface area contributed by atoms with Crippen molar-refractivity contribution in [2.75, 3.05) is 23.0 Å². The number of halogens is 2. The molecule has 41 heavy (non-hydrogen) atoms. The zero-order chi connectivity index (χ0) is 29.8. The van der Waals surface area contributed by atoms with Gasteiger partial charge in [0.1, 0.15) is 4.70 Å². The Bertz CT molecular complexity index is 1700. The lowest BCUT2D eigenvalue weighted by Gasteiger charge is -2.18. The summed E-state index contributed by atoms with van der Waals surface area (Å²) in [7, 11) is -8.02. The smallest absolute Gasteiger partial charge is 0.264 e. The largest absolute Gasteiger partial charge is 0.439 e. The highest BCUT2D eigenvalue weighted by Crippen LogP contribution is 2.41. The lowest BCUT2D eigenvalue weighted by Crippen LogP contribution is -2.35. The summed E-state index contributed by atoms with van der Waals surface area (Å²) in [5.74, 6) is 0.760. The van der Waals surface area contributed by atoms with Crippen LogP contribution < -0.4 is 14.2 Å². The molecule has 2 N–H and O–H groups in total. The predicted octanol–water partition coefficient (Wildman–Crippen LogP) is 6.58. The Morgan fingerprint density at radius 1 is 0.976 bits per heavy atom. The van der Waals surface area contributed by atoms with Crippen molar-refractivity contribution in [3.63, 3.8) is 0 Å². The topological polar surface area (TPSA) is 125 Å². The van der Waals surface area contributed by atoms with Crippen molar-refractivity contribution in [3.05, 3.63) is 67.9 Å². The van der Waals surface area contributed by atoms with Crippen LogP contribution in [-0.4, -0.2) is 44.0 Å². The fourth-order valence-electron chi connectivity index (χ4n) is 4.50. The molecule has 14 heteroatoms. The molecule has 0 amide bonds. The van der Waals surface area contributed by atoms with Crippen LogP contribution in [0.3, 0.4) is 0 Å². The molecule has 0 aliphatic carbocycles. The number of unbranched alkanes of at least 4 members (excludes halogenated alkanes) is 2. The Kier molecular flexibility index (Phi) is 10.7. The minimum atomic E-state index is -4.02. The molecule has 1 aromatic heterocycles. The van der Waals surface area contributed by atoms with E-state index in [0.717, 1.165) is 35.4 Å². The predicted molar refractivity (Wildman–Crippen MR) is 169 cm³/mol. The van der Waals surface area contributed by atoms with E-state index in [1.54, 1.807) is 11.3 Å². The number of nitrogens with zero attached hydrogens (tertiary/aromatic N) is 2. The fourth-order valence-corrected chi connectivity index (χ4v) is 7.48. The molecular weight excluding hydrogens is 720 g/mol. The molecular formula is C27H31Br2N2O7S3+. The van der Waals surface area contributed by atoms with Crippen LogP contribution in [0.15, 0.2) is 62.9 Å². The van der Waals surface area contributed by atoms with Gasteiger partial charge in [0.25, 0.3) is 25.2 Å². The van der Waals surface area contributed by atoms with Gasteiger partial charge in [-0.15, -0.1) is 0 Å². The second-order valence-corrected chi connectivity index (χ2v) is 15.6. The van der Waals surface area contributed by atoms with E-state index in [1.807, 2.05) is 47.4 Å². The molecule has 2 aromatic carbocycles. The van der Waals surface area contributed by atoms with Crippen LogP contribution in [0.5, 0.6) is 5.75 Å². The summed E-state index contributed by atoms with van der Waals surface area (Å²) in [4.78, 5) is 2.01. The molecule has 0 saturated carbocycles. The summed E-state index contributed by atoms with van der Waals surface area (Å²) >= 11 is 8.70. The number of anilines is 1. The Labute approximate surface area is 261 Å². The van der Waals surface area contributed by atoms with Crippen molar-refractivity contribution >= 4 is 85.4 Å². The highest BCUT2D eigenvalue weighted by Gasteiger charge is 2.27. The van der Waals surface area contributed by atoms with Gasteiger partial charge in [-0.2, -0.15) is 21.4 Å². The maximum atomic E-state index is 11.2. The second-order valence-electron chi connectivity index (χ2n) is 9.61. The molecule has 222 valence electrons. The number of hydrogen-bond acceptors (Lipinski definition) is 7. The van der Waals surface area contributed by atoms with Crippen LogP contribution in [0.2, 0.25) is 0 Å². The number of aryl methyl sites for hydroxylation is 1. The molecule has 1 aliphatic rings. The quantitative estimate of drug-likeness (QED) is 0.114. The number of fused-ring (bicyclic) bond motifs is 2. The summed E-state index contributed by atoms with van der Waals surface area (Å²) in [6.45, 7) is 3.14. The summed E-state index contributed by atoms with van der Waals surface area (Å²) in [6.07, 6.45) is 6.58. The van der Waals surface area contributed by atoms with Gasteiger partial charge in [-0.1, -0.05) is 50.1 Å². The third kappa shape index (κ3) is 9.09. The van der Waals surface area contributed by atoms with Crippen molar-refractivity contribution in [3.8, 4) is 5.75 Å². The average molecular weight is 752 g/mol. The van der Waals surface area contributed by atoms with Crippen LogP contribution in [0, 0.1) is 0 Å². The summed E-state index contributed by atoms with van der Waals surface area (Å²) in [5, 5.41) is 0.997. The van der Waals surface area contributed by atoms with E-state index in [4.69, 9.17) is 13.8 Å². The average Bonchev–Trinajstić information content (AvgIpc) is 3.39. The van der Waals surface area contributed by atoms with Crippen molar-refractivity contribution in [2.24, 2.45) is 0 Å². The van der Waals surface area contributed by atoms with Crippen LogP contribution in [0.4, 0.5) is 5.69 Å². The lowest BCUT2D eigenvalue weighted by atomic mass is 10.1. The zero-order valence-corrected chi connectivity index (χ0v) is 27.9. The minimum absolute atomic E-state index is 0.273. The number of aromatic nitrogens is 1. The van der Waals surface area contributed by atoms with Gasteiger partial charge in [0.05, 0.1) is 17.2 Å². The van der Waals surface area contributed by atoms with Crippen LogP contribution in [-0.2, 0) is 26.8 Å². The molecule has 0 atom stereocenters. The molecule has 0 spiro atoms. The van der Waals surface area contributed by atoms with Crippen LogP contribution in [0.1, 0.15) is 44.0 Å². The Morgan fingerprint density at radius 3 is 2.32 bits per heavy atom. The summed E-state index contributed by atoms with van der Waals surface area (Å²) in [5.41, 5.74) is 2.90. The van der Waals surface area contributed by atoms with Crippen molar-refractivity contribution in [1.29, 1.82) is 0 Å². The van der Waals surface area contributed by atoms with Gasteiger partial charge in [-0.3, -0.25) is 9.11 Å². The first-order valence-electron chi connectivity index (χ1n) is 13.0. The van der Waals surface area contributed by atoms with E-state index in [1.165, 1.54) is 0 Å². The molecule has 3 aromatic rings. The monoisotopic (exact) mass is 749 g/mol. The molecule has 0 unspecified atom stereocenters. The maximum Gasteiger partial charge on any atom is 0.264 e.